The van der Waals surface area contributed by atoms with Crippen molar-refractivity contribution in [1.29, 1.82) is 0 Å². The summed E-state index contributed by atoms with van der Waals surface area (Å²) in [4.78, 5) is 0. The number of allylic oxidation sites excluding steroid dienone is 2. The van der Waals surface area contributed by atoms with Crippen LogP contribution in [0.1, 0.15) is 37.0 Å². The maximum Gasteiger partial charge on any atom is 0.129 e. The molecule has 1 heteroatoms. The summed E-state index contributed by atoms with van der Waals surface area (Å²) in [5.74, 6) is 2.42. The summed E-state index contributed by atoms with van der Waals surface area (Å²) in [7, 11) is 0. The molecule has 0 heterocycles. The molecule has 0 unspecified atom stereocenters. The van der Waals surface area contributed by atoms with Crippen LogP contribution >= 0.6 is 0 Å². The third kappa shape index (κ3) is 2.52. The third-order valence-corrected chi connectivity index (χ3v) is 2.86. The van der Waals surface area contributed by atoms with Crippen molar-refractivity contribution in [2.24, 2.45) is 0 Å². The van der Waals surface area contributed by atoms with Crippen LogP contribution in [0, 0.1) is 25.1 Å². The van der Waals surface area contributed by atoms with Crippen LogP contribution in [0.15, 0.2) is 18.2 Å². The minimum atomic E-state index is -0.117. The zero-order chi connectivity index (χ0) is 12.1. The van der Waals surface area contributed by atoms with E-state index < -0.39 is 0 Å². The topological polar surface area (TPSA) is 0 Å². The second kappa shape index (κ2) is 5.51. The first-order valence-electron chi connectivity index (χ1n) is 5.46. The summed E-state index contributed by atoms with van der Waals surface area (Å²) in [6, 6.07) is 3.81. The van der Waals surface area contributed by atoms with E-state index >= 15 is 0 Å². The quantitative estimate of drug-likeness (QED) is 0.667. The number of hydrogen-bond donors (Lipinski definition) is 0. The molecule has 1 aromatic rings. The normalized spacial score (nSPS) is 11.3. The number of terminal acetylenes is 1. The van der Waals surface area contributed by atoms with Crippen LogP contribution in [0.2, 0.25) is 0 Å². The molecule has 0 saturated carbocycles. The Hall–Kier alpha value is -1.55. The monoisotopic (exact) mass is 216 g/mol. The highest BCUT2D eigenvalue weighted by atomic mass is 19.1. The van der Waals surface area contributed by atoms with Gasteiger partial charge in [-0.3, -0.25) is 0 Å². The van der Waals surface area contributed by atoms with Gasteiger partial charge >= 0.3 is 0 Å². The van der Waals surface area contributed by atoms with Crippen LogP contribution < -0.4 is 0 Å². The number of halogens is 1. The summed E-state index contributed by atoms with van der Waals surface area (Å²) in [6.45, 7) is 5.76. The summed E-state index contributed by atoms with van der Waals surface area (Å²) < 4.78 is 14.0. The first kappa shape index (κ1) is 12.5. The van der Waals surface area contributed by atoms with Crippen molar-refractivity contribution < 1.29 is 4.39 Å². The molecule has 0 amide bonds. The van der Waals surface area contributed by atoms with E-state index in [4.69, 9.17) is 6.42 Å². The highest BCUT2D eigenvalue weighted by molar-refractivity contribution is 5.66. The Labute approximate surface area is 97.2 Å². The predicted octanol–water partition coefficient (Wildman–Crippen LogP) is 4.12. The molecule has 0 bridgehead atoms. The summed E-state index contributed by atoms with van der Waals surface area (Å²) in [6.07, 6.45) is 8.36. The van der Waals surface area contributed by atoms with Gasteiger partial charge in [0.1, 0.15) is 5.82 Å². The molecule has 1 aromatic carbocycles. The lowest BCUT2D eigenvalue weighted by atomic mass is 9.97. The Bertz CT molecular complexity index is 447. The van der Waals surface area contributed by atoms with Crippen molar-refractivity contribution in [1.82, 2.24) is 0 Å². The summed E-state index contributed by atoms with van der Waals surface area (Å²) in [5, 5.41) is 0. The predicted molar refractivity (Wildman–Crippen MR) is 67.6 cm³/mol. The van der Waals surface area contributed by atoms with Gasteiger partial charge in [0, 0.05) is 6.42 Å². The highest BCUT2D eigenvalue weighted by Crippen LogP contribution is 2.23. The van der Waals surface area contributed by atoms with E-state index in [9.17, 15) is 4.39 Å². The van der Waals surface area contributed by atoms with Crippen molar-refractivity contribution in [2.75, 3.05) is 0 Å². The second-order valence-corrected chi connectivity index (χ2v) is 3.89. The van der Waals surface area contributed by atoms with Crippen molar-refractivity contribution in [3.8, 4) is 12.3 Å². The molecule has 1 rings (SSSR count). The molecule has 0 N–H and O–H groups in total. The first-order chi connectivity index (χ1) is 7.61. The molecular weight excluding hydrogens is 199 g/mol. The second-order valence-electron chi connectivity index (χ2n) is 3.89. The van der Waals surface area contributed by atoms with Crippen LogP contribution in [0.4, 0.5) is 4.39 Å². The molecule has 0 atom stereocenters. The van der Waals surface area contributed by atoms with Gasteiger partial charge in [0.05, 0.1) is 0 Å². The molecule has 0 spiro atoms. The van der Waals surface area contributed by atoms with E-state index in [-0.39, 0.29) is 5.82 Å². The molecule has 0 aromatic heterocycles. The molecular formula is C15H17F. The number of benzene rings is 1. The Morgan fingerprint density at radius 2 is 2.19 bits per heavy atom. The molecule has 16 heavy (non-hydrogen) atoms. The van der Waals surface area contributed by atoms with Gasteiger partial charge in [-0.05, 0) is 49.5 Å². The lowest BCUT2D eigenvalue weighted by Gasteiger charge is -2.10. The largest absolute Gasteiger partial charge is 0.206 e. The van der Waals surface area contributed by atoms with Crippen LogP contribution in [0.3, 0.4) is 0 Å². The fraction of sp³-hybridized carbons (Fsp3) is 0.333. The van der Waals surface area contributed by atoms with Gasteiger partial charge in [-0.1, -0.05) is 18.2 Å². The third-order valence-electron chi connectivity index (χ3n) is 2.86. The summed E-state index contributed by atoms with van der Waals surface area (Å²) in [5.41, 5.74) is 3.50. The summed E-state index contributed by atoms with van der Waals surface area (Å²) >= 11 is 0. The fourth-order valence-electron chi connectivity index (χ4n) is 1.72. The Morgan fingerprint density at radius 3 is 2.75 bits per heavy atom. The number of rotatable bonds is 3. The van der Waals surface area contributed by atoms with E-state index in [0.29, 0.717) is 24.0 Å². The number of aryl methyl sites for hydroxylation is 1. The van der Waals surface area contributed by atoms with E-state index in [0.717, 1.165) is 11.1 Å². The van der Waals surface area contributed by atoms with Gasteiger partial charge in [-0.2, -0.15) is 0 Å². The molecule has 84 valence electrons. The Balaban J connectivity index is 3.14. The molecule has 0 aliphatic heterocycles. The standard InChI is InChI=1S/C15H17F/c1-5-7-8-13-9-10-14(11(3)6-2)12(4)15(13)16/h1,6,9-10H,7-8H2,2-4H3/b11-6+. The van der Waals surface area contributed by atoms with Crippen LogP contribution in [-0.2, 0) is 6.42 Å². The maximum absolute atomic E-state index is 14.0. The fourth-order valence-corrected chi connectivity index (χ4v) is 1.72. The lowest BCUT2D eigenvalue weighted by Crippen LogP contribution is -1.97. The first-order valence-corrected chi connectivity index (χ1v) is 5.46. The van der Waals surface area contributed by atoms with Crippen LogP contribution in [-0.4, -0.2) is 0 Å². The van der Waals surface area contributed by atoms with Crippen molar-refractivity contribution in [3.63, 3.8) is 0 Å². The van der Waals surface area contributed by atoms with E-state index in [2.05, 4.69) is 5.92 Å². The van der Waals surface area contributed by atoms with Gasteiger partial charge in [-0.15, -0.1) is 12.3 Å². The Kier molecular flexibility index (Phi) is 4.31. The SMILES string of the molecule is C#CCCc1ccc(/C(C)=C/C)c(C)c1F. The zero-order valence-corrected chi connectivity index (χ0v) is 10.1. The van der Waals surface area contributed by atoms with Crippen molar-refractivity contribution in [2.45, 2.75) is 33.6 Å². The average molecular weight is 216 g/mol. The Morgan fingerprint density at radius 1 is 1.50 bits per heavy atom. The molecule has 0 saturated heterocycles. The van der Waals surface area contributed by atoms with Gasteiger partial charge in [-0.25, -0.2) is 4.39 Å². The smallest absolute Gasteiger partial charge is 0.129 e. The van der Waals surface area contributed by atoms with E-state index in [1.54, 1.807) is 0 Å². The zero-order valence-electron chi connectivity index (χ0n) is 10.1. The van der Waals surface area contributed by atoms with Gasteiger partial charge in [0.2, 0.25) is 0 Å². The molecule has 0 nitrogen and oxygen atoms in total. The van der Waals surface area contributed by atoms with Crippen LogP contribution in [0.5, 0.6) is 0 Å². The van der Waals surface area contributed by atoms with Gasteiger partial charge < -0.3 is 0 Å². The van der Waals surface area contributed by atoms with Crippen LogP contribution in [0.25, 0.3) is 5.57 Å². The average Bonchev–Trinajstić information content (AvgIpc) is 2.30. The number of hydrogen-bond acceptors (Lipinski definition) is 0. The molecule has 0 fully saturated rings. The van der Waals surface area contributed by atoms with E-state index in [1.807, 2.05) is 39.0 Å². The molecule has 0 radical (unpaired) electrons. The van der Waals surface area contributed by atoms with Crippen molar-refractivity contribution >= 4 is 5.57 Å². The van der Waals surface area contributed by atoms with Crippen molar-refractivity contribution in [3.05, 3.63) is 40.7 Å². The lowest BCUT2D eigenvalue weighted by molar-refractivity contribution is 0.600. The van der Waals surface area contributed by atoms with Gasteiger partial charge in [0.25, 0.3) is 0 Å². The minimum Gasteiger partial charge on any atom is -0.206 e. The highest BCUT2D eigenvalue weighted by Gasteiger charge is 2.09. The van der Waals surface area contributed by atoms with E-state index in [1.165, 1.54) is 0 Å². The maximum atomic E-state index is 14.0. The van der Waals surface area contributed by atoms with Gasteiger partial charge in [0.15, 0.2) is 0 Å². The minimum absolute atomic E-state index is 0.117. The molecule has 0 aliphatic rings. The molecule has 0 aliphatic carbocycles.